The van der Waals surface area contributed by atoms with E-state index in [1.807, 2.05) is 12.2 Å². The molecule has 18 heavy (non-hydrogen) atoms. The number of hydrogen-bond acceptors (Lipinski definition) is 3. The average molecular weight is 251 g/mol. The van der Waals surface area contributed by atoms with Gasteiger partial charge in [-0.25, -0.2) is 0 Å². The largest absolute Gasteiger partial charge is 0.354 e. The Hall–Kier alpha value is -0.870. The van der Waals surface area contributed by atoms with Gasteiger partial charge < -0.3 is 11.1 Å². The Bertz CT molecular complexity index is 310. The Kier molecular flexibility index (Phi) is 4.78. The number of piperidine rings is 1. The van der Waals surface area contributed by atoms with Gasteiger partial charge in [-0.1, -0.05) is 18.6 Å². The highest BCUT2D eigenvalue weighted by atomic mass is 16.1. The monoisotopic (exact) mass is 251 g/mol. The van der Waals surface area contributed by atoms with E-state index in [9.17, 15) is 4.79 Å². The highest BCUT2D eigenvalue weighted by Crippen LogP contribution is 2.16. The minimum atomic E-state index is -0.0199. The van der Waals surface area contributed by atoms with Crippen LogP contribution in [0.15, 0.2) is 12.2 Å². The number of likely N-dealkylation sites (tertiary alicyclic amines) is 1. The maximum absolute atomic E-state index is 11.9. The Morgan fingerprint density at radius 1 is 1.39 bits per heavy atom. The summed E-state index contributed by atoms with van der Waals surface area (Å²) in [6, 6.07) is 0.494. The fraction of sp³-hybridized carbons (Fsp3) is 0.786. The summed E-state index contributed by atoms with van der Waals surface area (Å²) in [5.41, 5.74) is 5.76. The lowest BCUT2D eigenvalue weighted by Gasteiger charge is -2.32. The van der Waals surface area contributed by atoms with Gasteiger partial charge in [0.2, 0.25) is 5.91 Å². The number of nitrogens with one attached hydrogen (secondary N) is 1. The molecule has 4 heteroatoms. The second kappa shape index (κ2) is 6.34. The standard InChI is InChI=1S/C14H25N3O/c1-11(17-7-3-2-4-8-17)10-16-14(18)12-5-6-13(15)9-12/h5-6,11-13H,2-4,7-10,15H2,1H3,(H,16,18). The second-order valence-corrected chi connectivity index (χ2v) is 5.58. The zero-order chi connectivity index (χ0) is 13.0. The van der Waals surface area contributed by atoms with Crippen molar-refractivity contribution >= 4 is 5.91 Å². The molecular weight excluding hydrogens is 226 g/mol. The van der Waals surface area contributed by atoms with Gasteiger partial charge in [0.05, 0.1) is 5.92 Å². The van der Waals surface area contributed by atoms with Crippen molar-refractivity contribution in [3.8, 4) is 0 Å². The van der Waals surface area contributed by atoms with E-state index in [-0.39, 0.29) is 17.9 Å². The van der Waals surface area contributed by atoms with E-state index >= 15 is 0 Å². The van der Waals surface area contributed by atoms with E-state index in [4.69, 9.17) is 5.73 Å². The van der Waals surface area contributed by atoms with Crippen LogP contribution in [0.1, 0.15) is 32.6 Å². The molecule has 1 amide bonds. The van der Waals surface area contributed by atoms with E-state index in [0.29, 0.717) is 6.04 Å². The molecule has 0 aromatic rings. The molecule has 4 nitrogen and oxygen atoms in total. The van der Waals surface area contributed by atoms with Crippen LogP contribution in [0.2, 0.25) is 0 Å². The highest BCUT2D eigenvalue weighted by molar-refractivity contribution is 5.81. The quantitative estimate of drug-likeness (QED) is 0.729. The summed E-state index contributed by atoms with van der Waals surface area (Å²) in [7, 11) is 0. The lowest BCUT2D eigenvalue weighted by molar-refractivity contribution is -0.123. The molecule has 3 N–H and O–H groups in total. The fourth-order valence-electron chi connectivity index (χ4n) is 2.79. The molecule has 3 unspecified atom stereocenters. The van der Waals surface area contributed by atoms with Crippen LogP contribution in [0.5, 0.6) is 0 Å². The van der Waals surface area contributed by atoms with Gasteiger partial charge in [0, 0.05) is 18.6 Å². The topological polar surface area (TPSA) is 58.4 Å². The zero-order valence-electron chi connectivity index (χ0n) is 11.3. The van der Waals surface area contributed by atoms with Crippen LogP contribution in [0.3, 0.4) is 0 Å². The summed E-state index contributed by atoms with van der Waals surface area (Å²) in [6.07, 6.45) is 8.55. The lowest BCUT2D eigenvalue weighted by Crippen LogP contribution is -2.45. The Morgan fingerprint density at radius 3 is 2.72 bits per heavy atom. The zero-order valence-corrected chi connectivity index (χ0v) is 11.3. The number of carbonyl (C=O) groups is 1. The van der Waals surface area contributed by atoms with Gasteiger partial charge in [0.1, 0.15) is 0 Å². The molecule has 0 aromatic heterocycles. The van der Waals surface area contributed by atoms with Gasteiger partial charge >= 0.3 is 0 Å². The van der Waals surface area contributed by atoms with Crippen LogP contribution < -0.4 is 11.1 Å². The molecule has 2 aliphatic rings. The normalized spacial score (nSPS) is 30.3. The van der Waals surface area contributed by atoms with Crippen LogP contribution in [0.4, 0.5) is 0 Å². The molecule has 3 atom stereocenters. The van der Waals surface area contributed by atoms with Gasteiger partial charge in [-0.05, 0) is 39.3 Å². The molecule has 1 heterocycles. The molecule has 2 rings (SSSR count). The van der Waals surface area contributed by atoms with Gasteiger partial charge in [0.15, 0.2) is 0 Å². The molecule has 1 saturated heterocycles. The van der Waals surface area contributed by atoms with Crippen molar-refractivity contribution in [3.05, 3.63) is 12.2 Å². The minimum Gasteiger partial charge on any atom is -0.354 e. The molecular formula is C14H25N3O. The smallest absolute Gasteiger partial charge is 0.227 e. The number of nitrogens with two attached hydrogens (primary N) is 1. The van der Waals surface area contributed by atoms with Gasteiger partial charge in [-0.2, -0.15) is 0 Å². The minimum absolute atomic E-state index is 0.0199. The first-order valence-electron chi connectivity index (χ1n) is 7.12. The summed E-state index contributed by atoms with van der Waals surface area (Å²) in [6.45, 7) is 5.29. The predicted molar refractivity (Wildman–Crippen MR) is 73.1 cm³/mol. The van der Waals surface area contributed by atoms with Crippen molar-refractivity contribution < 1.29 is 4.79 Å². The average Bonchev–Trinajstić information content (AvgIpc) is 2.83. The van der Waals surface area contributed by atoms with Crippen molar-refractivity contribution in [2.75, 3.05) is 19.6 Å². The molecule has 1 fully saturated rings. The molecule has 1 aliphatic carbocycles. The number of nitrogens with zero attached hydrogens (tertiary/aromatic N) is 1. The fourth-order valence-corrected chi connectivity index (χ4v) is 2.79. The van der Waals surface area contributed by atoms with Crippen molar-refractivity contribution in [1.82, 2.24) is 10.2 Å². The van der Waals surface area contributed by atoms with Crippen LogP contribution >= 0.6 is 0 Å². The lowest BCUT2D eigenvalue weighted by atomic mass is 10.1. The third-order valence-corrected chi connectivity index (χ3v) is 4.04. The first-order chi connectivity index (χ1) is 8.66. The van der Waals surface area contributed by atoms with E-state index < -0.39 is 0 Å². The number of rotatable bonds is 4. The summed E-state index contributed by atoms with van der Waals surface area (Å²) >= 11 is 0. The summed E-state index contributed by atoms with van der Waals surface area (Å²) in [5.74, 6) is 0.108. The molecule has 0 saturated carbocycles. The SMILES string of the molecule is CC(CNC(=O)C1C=CC(N)C1)N1CCCCC1. The Morgan fingerprint density at radius 2 is 2.11 bits per heavy atom. The third-order valence-electron chi connectivity index (χ3n) is 4.04. The number of hydrogen-bond donors (Lipinski definition) is 2. The molecule has 0 spiro atoms. The molecule has 102 valence electrons. The highest BCUT2D eigenvalue weighted by Gasteiger charge is 2.23. The summed E-state index contributed by atoms with van der Waals surface area (Å²) < 4.78 is 0. The molecule has 1 aliphatic heterocycles. The van der Waals surface area contributed by atoms with Crippen molar-refractivity contribution in [3.63, 3.8) is 0 Å². The summed E-state index contributed by atoms with van der Waals surface area (Å²) in [4.78, 5) is 14.4. The van der Waals surface area contributed by atoms with E-state index in [1.165, 1.54) is 32.4 Å². The molecule has 0 aromatic carbocycles. The first-order valence-corrected chi connectivity index (χ1v) is 7.12. The number of carbonyl (C=O) groups excluding carboxylic acids is 1. The van der Waals surface area contributed by atoms with Gasteiger partial charge in [0.25, 0.3) is 0 Å². The number of amides is 1. The molecule has 0 bridgehead atoms. The van der Waals surface area contributed by atoms with E-state index in [0.717, 1.165) is 13.0 Å². The predicted octanol–water partition coefficient (Wildman–Crippen LogP) is 0.880. The maximum Gasteiger partial charge on any atom is 0.227 e. The van der Waals surface area contributed by atoms with E-state index in [2.05, 4.69) is 17.1 Å². The van der Waals surface area contributed by atoms with Crippen LogP contribution in [0.25, 0.3) is 0 Å². The van der Waals surface area contributed by atoms with E-state index in [1.54, 1.807) is 0 Å². The second-order valence-electron chi connectivity index (χ2n) is 5.58. The van der Waals surface area contributed by atoms with Crippen LogP contribution in [0, 0.1) is 5.92 Å². The van der Waals surface area contributed by atoms with Gasteiger partial charge in [-0.15, -0.1) is 0 Å². The Labute approximate surface area is 110 Å². The maximum atomic E-state index is 11.9. The van der Waals surface area contributed by atoms with Crippen molar-refractivity contribution in [1.29, 1.82) is 0 Å². The van der Waals surface area contributed by atoms with Crippen molar-refractivity contribution in [2.24, 2.45) is 11.7 Å². The Balaban J connectivity index is 1.70. The first kappa shape index (κ1) is 13.6. The summed E-state index contributed by atoms with van der Waals surface area (Å²) in [5, 5.41) is 3.05. The molecule has 0 radical (unpaired) electrons. The van der Waals surface area contributed by atoms with Crippen molar-refractivity contribution in [2.45, 2.75) is 44.7 Å². The van der Waals surface area contributed by atoms with Gasteiger partial charge in [-0.3, -0.25) is 9.69 Å². The third kappa shape index (κ3) is 3.56. The van der Waals surface area contributed by atoms with Crippen LogP contribution in [-0.4, -0.2) is 42.5 Å². The van der Waals surface area contributed by atoms with Crippen LogP contribution in [-0.2, 0) is 4.79 Å².